The fourth-order valence-corrected chi connectivity index (χ4v) is 3.00. The van der Waals surface area contributed by atoms with Crippen LogP contribution in [0, 0.1) is 0 Å². The molecule has 0 bridgehead atoms. The SMILES string of the molecule is COc1cc(S(=O)(=O)O)cc2cc(S(=O)(=O)O)cc(N)c12. The number of methoxy groups -OCH3 is 1. The summed E-state index contributed by atoms with van der Waals surface area (Å²) in [5.41, 5.74) is 5.69. The molecule has 0 saturated carbocycles. The van der Waals surface area contributed by atoms with Crippen LogP contribution >= 0.6 is 0 Å². The minimum atomic E-state index is -4.52. The number of ether oxygens (including phenoxy) is 1. The Morgan fingerprint density at radius 3 is 1.86 bits per heavy atom. The summed E-state index contributed by atoms with van der Waals surface area (Å²) in [5.74, 6) is 0.0412. The minimum absolute atomic E-state index is 0.0288. The third-order valence-electron chi connectivity index (χ3n) is 2.81. The van der Waals surface area contributed by atoms with E-state index in [-0.39, 0.29) is 22.2 Å². The van der Waals surface area contributed by atoms with E-state index in [9.17, 15) is 16.8 Å². The number of anilines is 1. The molecule has 2 rings (SSSR count). The highest BCUT2D eigenvalue weighted by Gasteiger charge is 2.19. The van der Waals surface area contributed by atoms with E-state index in [0.717, 1.165) is 24.3 Å². The van der Waals surface area contributed by atoms with Crippen molar-refractivity contribution >= 4 is 36.7 Å². The Balaban J connectivity index is 2.97. The largest absolute Gasteiger partial charge is 0.496 e. The number of nitrogens with two attached hydrogens (primary N) is 1. The summed E-state index contributed by atoms with van der Waals surface area (Å²) in [7, 11) is -7.78. The number of hydrogen-bond acceptors (Lipinski definition) is 6. The molecular formula is C11H11NO7S2. The summed E-state index contributed by atoms with van der Waals surface area (Å²) >= 11 is 0. The molecule has 0 aliphatic heterocycles. The molecule has 10 heteroatoms. The van der Waals surface area contributed by atoms with Crippen molar-refractivity contribution in [3.8, 4) is 5.75 Å². The fraction of sp³-hybridized carbons (Fsp3) is 0.0909. The van der Waals surface area contributed by atoms with Crippen molar-refractivity contribution in [1.29, 1.82) is 0 Å². The first-order valence-electron chi connectivity index (χ1n) is 5.40. The Morgan fingerprint density at radius 1 is 0.952 bits per heavy atom. The van der Waals surface area contributed by atoms with E-state index >= 15 is 0 Å². The third kappa shape index (κ3) is 2.93. The number of hydrogen-bond donors (Lipinski definition) is 3. The Labute approximate surface area is 120 Å². The number of rotatable bonds is 3. The van der Waals surface area contributed by atoms with Crippen molar-refractivity contribution in [3.63, 3.8) is 0 Å². The van der Waals surface area contributed by atoms with E-state index in [0.29, 0.717) is 0 Å². The van der Waals surface area contributed by atoms with Gasteiger partial charge in [-0.05, 0) is 23.6 Å². The van der Waals surface area contributed by atoms with Crippen LogP contribution in [0.1, 0.15) is 0 Å². The van der Waals surface area contributed by atoms with Gasteiger partial charge in [-0.3, -0.25) is 9.11 Å². The lowest BCUT2D eigenvalue weighted by Gasteiger charge is -2.11. The van der Waals surface area contributed by atoms with Crippen LogP contribution < -0.4 is 10.5 Å². The van der Waals surface area contributed by atoms with Crippen LogP contribution in [-0.4, -0.2) is 33.1 Å². The zero-order valence-electron chi connectivity index (χ0n) is 10.6. The molecule has 114 valence electrons. The fourth-order valence-electron chi connectivity index (χ4n) is 1.91. The highest BCUT2D eigenvalue weighted by Crippen LogP contribution is 2.35. The first-order chi connectivity index (χ1) is 9.54. The molecule has 0 heterocycles. The number of benzene rings is 2. The van der Waals surface area contributed by atoms with Gasteiger partial charge < -0.3 is 10.5 Å². The lowest BCUT2D eigenvalue weighted by Crippen LogP contribution is -2.03. The van der Waals surface area contributed by atoms with Crippen molar-refractivity contribution in [1.82, 2.24) is 0 Å². The monoisotopic (exact) mass is 333 g/mol. The second-order valence-corrected chi connectivity index (χ2v) is 7.03. The van der Waals surface area contributed by atoms with E-state index in [1.54, 1.807) is 0 Å². The molecule has 0 saturated heterocycles. The highest BCUT2D eigenvalue weighted by molar-refractivity contribution is 7.86. The zero-order chi connectivity index (χ0) is 16.0. The predicted molar refractivity (Wildman–Crippen MR) is 74.5 cm³/mol. The molecule has 21 heavy (non-hydrogen) atoms. The second-order valence-electron chi connectivity index (χ2n) is 4.19. The van der Waals surface area contributed by atoms with E-state index in [2.05, 4.69) is 0 Å². The first-order valence-corrected chi connectivity index (χ1v) is 8.28. The van der Waals surface area contributed by atoms with Gasteiger partial charge in [0.1, 0.15) is 5.75 Å². The van der Waals surface area contributed by atoms with Gasteiger partial charge in [-0.2, -0.15) is 16.8 Å². The maximum atomic E-state index is 11.2. The van der Waals surface area contributed by atoms with E-state index in [4.69, 9.17) is 19.6 Å². The van der Waals surface area contributed by atoms with Crippen LogP contribution in [0.3, 0.4) is 0 Å². The van der Waals surface area contributed by atoms with Crippen LogP contribution in [0.2, 0.25) is 0 Å². The molecule has 0 aliphatic rings. The summed E-state index contributed by atoms with van der Waals surface area (Å²) in [6, 6.07) is 4.13. The van der Waals surface area contributed by atoms with Crippen molar-refractivity contribution in [3.05, 3.63) is 24.3 Å². The molecule has 2 aromatic rings. The van der Waals surface area contributed by atoms with Gasteiger partial charge in [0.2, 0.25) is 0 Å². The minimum Gasteiger partial charge on any atom is -0.496 e. The molecule has 0 atom stereocenters. The van der Waals surface area contributed by atoms with Crippen molar-refractivity contribution < 1.29 is 30.7 Å². The lowest BCUT2D eigenvalue weighted by molar-refractivity contribution is 0.417. The zero-order valence-corrected chi connectivity index (χ0v) is 12.3. The average Bonchev–Trinajstić information content (AvgIpc) is 2.34. The van der Waals surface area contributed by atoms with Gasteiger partial charge in [0.25, 0.3) is 20.2 Å². The van der Waals surface area contributed by atoms with Crippen LogP contribution in [-0.2, 0) is 20.2 Å². The van der Waals surface area contributed by atoms with E-state index < -0.39 is 30.0 Å². The van der Waals surface area contributed by atoms with Crippen molar-refractivity contribution in [2.75, 3.05) is 12.8 Å². The molecular weight excluding hydrogens is 322 g/mol. The van der Waals surface area contributed by atoms with Gasteiger partial charge in [-0.1, -0.05) is 0 Å². The first kappa shape index (κ1) is 15.5. The molecule has 0 aromatic heterocycles. The summed E-state index contributed by atoms with van der Waals surface area (Å²) in [5, 5.41) is 0.340. The maximum absolute atomic E-state index is 11.2. The molecule has 0 radical (unpaired) electrons. The predicted octanol–water partition coefficient (Wildman–Crippen LogP) is 0.924. The van der Waals surface area contributed by atoms with Gasteiger partial charge in [0.15, 0.2) is 0 Å². The quantitative estimate of drug-likeness (QED) is 0.555. The average molecular weight is 333 g/mol. The Morgan fingerprint density at radius 2 is 1.43 bits per heavy atom. The Hall–Kier alpha value is -1.88. The lowest BCUT2D eigenvalue weighted by atomic mass is 10.1. The molecule has 0 unspecified atom stereocenters. The Bertz CT molecular complexity index is 927. The summed E-state index contributed by atoms with van der Waals surface area (Å²) in [6.07, 6.45) is 0. The third-order valence-corrected chi connectivity index (χ3v) is 4.47. The van der Waals surface area contributed by atoms with Gasteiger partial charge in [-0.25, -0.2) is 0 Å². The van der Waals surface area contributed by atoms with Gasteiger partial charge in [0, 0.05) is 17.1 Å². The number of fused-ring (bicyclic) bond motifs is 1. The van der Waals surface area contributed by atoms with E-state index in [1.165, 1.54) is 7.11 Å². The summed E-state index contributed by atoms with van der Waals surface area (Å²) in [6.45, 7) is 0. The standard InChI is InChI=1S/C11H11NO7S2/c1-19-10-5-8(21(16,17)18)3-6-2-7(20(13,14)15)4-9(12)11(6)10/h2-5H,12H2,1H3,(H,13,14,15)(H,16,17,18). The van der Waals surface area contributed by atoms with Crippen molar-refractivity contribution in [2.24, 2.45) is 0 Å². The number of nitrogen functional groups attached to an aromatic ring is 1. The van der Waals surface area contributed by atoms with Crippen LogP contribution in [0.5, 0.6) is 5.75 Å². The summed E-state index contributed by atoms with van der Waals surface area (Å²) < 4.78 is 67.9. The molecule has 4 N–H and O–H groups in total. The molecule has 0 aliphatic carbocycles. The Kier molecular flexibility index (Phi) is 3.58. The van der Waals surface area contributed by atoms with Crippen LogP contribution in [0.4, 0.5) is 5.69 Å². The molecule has 0 fully saturated rings. The normalized spacial score (nSPS) is 12.5. The van der Waals surface area contributed by atoms with E-state index in [1.807, 2.05) is 0 Å². The van der Waals surface area contributed by atoms with Gasteiger partial charge >= 0.3 is 0 Å². The van der Waals surface area contributed by atoms with Crippen molar-refractivity contribution in [2.45, 2.75) is 9.79 Å². The molecule has 8 nitrogen and oxygen atoms in total. The summed E-state index contributed by atoms with van der Waals surface area (Å²) in [4.78, 5) is -0.985. The second kappa shape index (κ2) is 4.84. The molecule has 2 aromatic carbocycles. The molecule has 0 amide bonds. The van der Waals surface area contributed by atoms with Gasteiger partial charge in [-0.15, -0.1) is 0 Å². The topological polar surface area (TPSA) is 144 Å². The van der Waals surface area contributed by atoms with Gasteiger partial charge in [0.05, 0.1) is 16.9 Å². The van der Waals surface area contributed by atoms with Crippen LogP contribution in [0.15, 0.2) is 34.1 Å². The smallest absolute Gasteiger partial charge is 0.294 e. The maximum Gasteiger partial charge on any atom is 0.294 e. The van der Waals surface area contributed by atoms with Crippen LogP contribution in [0.25, 0.3) is 10.8 Å². The molecule has 0 spiro atoms. The highest BCUT2D eigenvalue weighted by atomic mass is 32.2.